The van der Waals surface area contributed by atoms with Crippen LogP contribution in [0.15, 0.2) is 24.3 Å². The number of hydrogen-bond acceptors (Lipinski definition) is 4. The van der Waals surface area contributed by atoms with Gasteiger partial charge in [-0.05, 0) is 19.1 Å². The molecule has 0 aliphatic carbocycles. The van der Waals surface area contributed by atoms with Crippen molar-refractivity contribution in [2.45, 2.75) is 6.92 Å². The van der Waals surface area contributed by atoms with Gasteiger partial charge in [0, 0.05) is 13.7 Å². The lowest BCUT2D eigenvalue weighted by atomic mass is 10.1. The van der Waals surface area contributed by atoms with Gasteiger partial charge in [-0.2, -0.15) is 0 Å². The molecule has 0 fully saturated rings. The van der Waals surface area contributed by atoms with Gasteiger partial charge in [-0.3, -0.25) is 14.9 Å². The number of carbonyl (C=O) groups is 3. The standard InChI is InChI=1S/C8H5NO2.C3H8O.CH2O/c10-7-5-3-1-2-4-6(5)8(11)9-7;1-3-4-2;1-2/h1-4H,(H,9,10,11);3H2,1-2H3;1H2. The third-order valence-electron chi connectivity index (χ3n) is 1.93. The molecule has 0 aromatic heterocycles. The summed E-state index contributed by atoms with van der Waals surface area (Å²) in [7, 11) is 1.68. The molecule has 0 radical (unpaired) electrons. The Kier molecular flexibility index (Phi) is 7.21. The molecular weight excluding hydrogens is 222 g/mol. The third kappa shape index (κ3) is 4.16. The van der Waals surface area contributed by atoms with E-state index in [4.69, 9.17) is 4.79 Å². The van der Waals surface area contributed by atoms with E-state index in [9.17, 15) is 9.59 Å². The van der Waals surface area contributed by atoms with Crippen LogP contribution in [0.25, 0.3) is 0 Å². The van der Waals surface area contributed by atoms with Gasteiger partial charge >= 0.3 is 0 Å². The second-order valence-corrected chi connectivity index (χ2v) is 2.91. The molecule has 1 N–H and O–H groups in total. The SMILES string of the molecule is C=O.CCOC.O=C1NC(=O)c2ccccc21. The zero-order valence-corrected chi connectivity index (χ0v) is 9.86. The van der Waals surface area contributed by atoms with Crippen LogP contribution in [0.1, 0.15) is 27.6 Å². The topological polar surface area (TPSA) is 72.5 Å². The molecule has 1 aliphatic heterocycles. The fourth-order valence-corrected chi connectivity index (χ4v) is 1.12. The van der Waals surface area contributed by atoms with Crippen LogP contribution in [0.4, 0.5) is 0 Å². The van der Waals surface area contributed by atoms with Crippen molar-refractivity contribution in [3.8, 4) is 0 Å². The summed E-state index contributed by atoms with van der Waals surface area (Å²) in [5.74, 6) is -0.601. The second-order valence-electron chi connectivity index (χ2n) is 2.91. The van der Waals surface area contributed by atoms with Gasteiger partial charge in [-0.15, -0.1) is 0 Å². The van der Waals surface area contributed by atoms with E-state index >= 15 is 0 Å². The van der Waals surface area contributed by atoms with Gasteiger partial charge in [0.2, 0.25) is 0 Å². The minimum atomic E-state index is -0.300. The summed E-state index contributed by atoms with van der Waals surface area (Å²) in [6.45, 7) is 4.78. The van der Waals surface area contributed by atoms with Crippen molar-refractivity contribution >= 4 is 18.6 Å². The Hall–Kier alpha value is -2.01. The Bertz CT molecular complexity index is 355. The van der Waals surface area contributed by atoms with Gasteiger partial charge in [-0.1, -0.05) is 12.1 Å². The number of imide groups is 1. The van der Waals surface area contributed by atoms with Crippen molar-refractivity contribution < 1.29 is 19.1 Å². The largest absolute Gasteiger partial charge is 0.385 e. The lowest BCUT2D eigenvalue weighted by Gasteiger charge is -1.88. The highest BCUT2D eigenvalue weighted by molar-refractivity contribution is 6.21. The molecule has 5 heteroatoms. The van der Waals surface area contributed by atoms with Crippen LogP contribution in [0.2, 0.25) is 0 Å². The number of hydrogen-bond donors (Lipinski definition) is 1. The summed E-state index contributed by atoms with van der Waals surface area (Å²) in [4.78, 5) is 29.9. The van der Waals surface area contributed by atoms with Crippen LogP contribution in [-0.4, -0.2) is 32.3 Å². The summed E-state index contributed by atoms with van der Waals surface area (Å²) in [5.41, 5.74) is 0.940. The minimum Gasteiger partial charge on any atom is -0.385 e. The van der Waals surface area contributed by atoms with E-state index in [0.29, 0.717) is 11.1 Å². The summed E-state index contributed by atoms with van der Waals surface area (Å²) in [6, 6.07) is 6.74. The van der Waals surface area contributed by atoms with E-state index in [-0.39, 0.29) is 11.8 Å². The van der Waals surface area contributed by atoms with Gasteiger partial charge < -0.3 is 9.53 Å². The van der Waals surface area contributed by atoms with E-state index < -0.39 is 0 Å². The minimum absolute atomic E-state index is 0.300. The van der Waals surface area contributed by atoms with Gasteiger partial charge in [0.15, 0.2) is 0 Å². The van der Waals surface area contributed by atoms with Crippen molar-refractivity contribution in [3.05, 3.63) is 35.4 Å². The molecule has 2 rings (SSSR count). The van der Waals surface area contributed by atoms with E-state index in [1.54, 1.807) is 31.4 Å². The highest BCUT2D eigenvalue weighted by Gasteiger charge is 2.25. The van der Waals surface area contributed by atoms with E-state index in [1.165, 1.54) is 0 Å². The molecule has 0 unspecified atom stereocenters. The molecule has 0 saturated heterocycles. The maximum atomic E-state index is 10.9. The fraction of sp³-hybridized carbons (Fsp3) is 0.250. The van der Waals surface area contributed by atoms with Crippen LogP contribution in [0.3, 0.4) is 0 Å². The molecule has 1 heterocycles. The molecular formula is C12H15NO4. The van der Waals surface area contributed by atoms with Crippen molar-refractivity contribution in [1.82, 2.24) is 5.32 Å². The number of nitrogens with one attached hydrogen (secondary N) is 1. The molecule has 0 spiro atoms. The van der Waals surface area contributed by atoms with Gasteiger partial charge in [0.25, 0.3) is 11.8 Å². The number of ether oxygens (including phenoxy) is 1. The number of amides is 2. The van der Waals surface area contributed by atoms with Crippen LogP contribution in [0, 0.1) is 0 Å². The van der Waals surface area contributed by atoms with E-state index in [0.717, 1.165) is 6.61 Å². The molecule has 1 aliphatic rings. The van der Waals surface area contributed by atoms with Crippen LogP contribution >= 0.6 is 0 Å². The number of benzene rings is 1. The first-order chi connectivity index (χ1) is 8.20. The molecule has 0 atom stereocenters. The Morgan fingerprint density at radius 1 is 1.12 bits per heavy atom. The maximum Gasteiger partial charge on any atom is 0.258 e. The quantitative estimate of drug-likeness (QED) is 0.741. The zero-order valence-electron chi connectivity index (χ0n) is 9.86. The Morgan fingerprint density at radius 3 is 1.76 bits per heavy atom. The van der Waals surface area contributed by atoms with Crippen LogP contribution in [-0.2, 0) is 9.53 Å². The Morgan fingerprint density at radius 2 is 1.47 bits per heavy atom. The molecule has 5 nitrogen and oxygen atoms in total. The van der Waals surface area contributed by atoms with E-state index in [2.05, 4.69) is 10.1 Å². The number of methoxy groups -OCH3 is 1. The van der Waals surface area contributed by atoms with Crippen LogP contribution < -0.4 is 5.32 Å². The van der Waals surface area contributed by atoms with Crippen LogP contribution in [0.5, 0.6) is 0 Å². The normalized spacial score (nSPS) is 11.4. The second kappa shape index (κ2) is 8.18. The van der Waals surface area contributed by atoms with Crippen molar-refractivity contribution in [3.63, 3.8) is 0 Å². The average molecular weight is 237 g/mol. The third-order valence-corrected chi connectivity index (χ3v) is 1.93. The van der Waals surface area contributed by atoms with Crippen molar-refractivity contribution in [2.24, 2.45) is 0 Å². The number of carbonyl (C=O) groups excluding carboxylic acids is 3. The molecule has 1 aromatic carbocycles. The maximum absolute atomic E-state index is 10.9. The fourth-order valence-electron chi connectivity index (χ4n) is 1.12. The lowest BCUT2D eigenvalue weighted by Crippen LogP contribution is -2.19. The highest BCUT2D eigenvalue weighted by atomic mass is 16.5. The predicted octanol–water partition coefficient (Wildman–Crippen LogP) is 1.04. The monoisotopic (exact) mass is 237 g/mol. The Balaban J connectivity index is 0.000000368. The predicted molar refractivity (Wildman–Crippen MR) is 62.9 cm³/mol. The number of fused-ring (bicyclic) bond motifs is 1. The Labute approximate surface area is 99.8 Å². The van der Waals surface area contributed by atoms with Crippen molar-refractivity contribution in [1.29, 1.82) is 0 Å². The highest BCUT2D eigenvalue weighted by Crippen LogP contribution is 2.13. The molecule has 2 amide bonds. The van der Waals surface area contributed by atoms with Crippen molar-refractivity contribution in [2.75, 3.05) is 13.7 Å². The summed E-state index contributed by atoms with van der Waals surface area (Å²) >= 11 is 0. The first kappa shape index (κ1) is 15.0. The summed E-state index contributed by atoms with van der Waals surface area (Å²) < 4.78 is 4.54. The first-order valence-electron chi connectivity index (χ1n) is 4.93. The van der Waals surface area contributed by atoms with Gasteiger partial charge in [-0.25, -0.2) is 0 Å². The molecule has 0 bridgehead atoms. The molecule has 17 heavy (non-hydrogen) atoms. The molecule has 0 saturated carbocycles. The number of rotatable bonds is 1. The van der Waals surface area contributed by atoms with E-state index in [1.807, 2.05) is 13.7 Å². The first-order valence-corrected chi connectivity index (χ1v) is 4.93. The molecule has 92 valence electrons. The summed E-state index contributed by atoms with van der Waals surface area (Å²) in [6.07, 6.45) is 0. The lowest BCUT2D eigenvalue weighted by molar-refractivity contribution is -0.0980. The smallest absolute Gasteiger partial charge is 0.258 e. The zero-order chi connectivity index (χ0) is 13.3. The van der Waals surface area contributed by atoms with Gasteiger partial charge in [0.1, 0.15) is 6.79 Å². The molecule has 1 aromatic rings. The average Bonchev–Trinajstić information content (AvgIpc) is 2.69. The van der Waals surface area contributed by atoms with Gasteiger partial charge in [0.05, 0.1) is 11.1 Å². The summed E-state index contributed by atoms with van der Waals surface area (Å²) in [5, 5.41) is 2.20.